The second kappa shape index (κ2) is 6.50. The molecule has 5 nitrogen and oxygen atoms in total. The molecule has 0 atom stereocenters. The van der Waals surface area contributed by atoms with Crippen LogP contribution in [0.2, 0.25) is 0 Å². The molecule has 0 saturated heterocycles. The minimum absolute atomic E-state index is 0.0952. The van der Waals surface area contributed by atoms with Crippen LogP contribution in [0.1, 0.15) is 15.9 Å². The van der Waals surface area contributed by atoms with Crippen LogP contribution < -0.4 is 4.72 Å². The summed E-state index contributed by atoms with van der Waals surface area (Å²) in [7, 11) is -2.59. The van der Waals surface area contributed by atoms with Gasteiger partial charge in [0.15, 0.2) is 0 Å². The van der Waals surface area contributed by atoms with Crippen LogP contribution in [0.4, 0.5) is 5.69 Å². The molecule has 0 spiro atoms. The lowest BCUT2D eigenvalue weighted by Gasteiger charge is -2.12. The molecule has 22 heavy (non-hydrogen) atoms. The third-order valence-electron chi connectivity index (χ3n) is 2.95. The van der Waals surface area contributed by atoms with Gasteiger partial charge in [0.25, 0.3) is 10.0 Å². The maximum Gasteiger partial charge on any atom is 0.339 e. The highest BCUT2D eigenvalue weighted by Gasteiger charge is 2.21. The van der Waals surface area contributed by atoms with Gasteiger partial charge >= 0.3 is 5.97 Å². The Hall–Kier alpha value is -1.86. The fourth-order valence-electron chi connectivity index (χ4n) is 1.88. The number of carbonyl (C=O) groups is 1. The maximum absolute atomic E-state index is 12.5. The zero-order chi connectivity index (χ0) is 16.3. The van der Waals surface area contributed by atoms with Gasteiger partial charge in [0.2, 0.25) is 0 Å². The van der Waals surface area contributed by atoms with Crippen molar-refractivity contribution in [1.82, 2.24) is 0 Å². The number of rotatable bonds is 4. The third kappa shape index (κ3) is 3.48. The van der Waals surface area contributed by atoms with E-state index in [2.05, 4.69) is 25.4 Å². The fourth-order valence-corrected chi connectivity index (χ4v) is 4.16. The quantitative estimate of drug-likeness (QED) is 0.821. The number of hydrogen-bond acceptors (Lipinski definition) is 4. The van der Waals surface area contributed by atoms with Crippen LogP contribution in [-0.4, -0.2) is 21.5 Å². The van der Waals surface area contributed by atoms with E-state index in [1.54, 1.807) is 24.3 Å². The summed E-state index contributed by atoms with van der Waals surface area (Å²) in [4.78, 5) is 11.8. The van der Waals surface area contributed by atoms with Crippen molar-refractivity contribution in [3.63, 3.8) is 0 Å². The molecule has 2 aromatic carbocycles. The Labute approximate surface area is 137 Å². The average molecular weight is 384 g/mol. The molecule has 1 N–H and O–H groups in total. The first-order valence-electron chi connectivity index (χ1n) is 6.31. The lowest BCUT2D eigenvalue weighted by atomic mass is 10.2. The van der Waals surface area contributed by atoms with E-state index in [4.69, 9.17) is 0 Å². The molecule has 0 bridgehead atoms. The number of hydrogen-bond donors (Lipinski definition) is 1. The molecule has 116 valence electrons. The molecule has 2 rings (SSSR count). The van der Waals surface area contributed by atoms with Crippen LogP contribution in [0.25, 0.3) is 0 Å². The number of aryl methyl sites for hydroxylation is 1. The lowest BCUT2D eigenvalue weighted by molar-refractivity contribution is 0.0602. The Kier molecular flexibility index (Phi) is 4.87. The monoisotopic (exact) mass is 383 g/mol. The van der Waals surface area contributed by atoms with E-state index < -0.39 is 16.0 Å². The molecule has 0 radical (unpaired) electrons. The molecule has 0 heterocycles. The summed E-state index contributed by atoms with van der Waals surface area (Å²) in [5.41, 5.74) is 1.25. The van der Waals surface area contributed by atoms with Crippen molar-refractivity contribution in [2.45, 2.75) is 11.8 Å². The van der Waals surface area contributed by atoms with Crippen molar-refractivity contribution in [3.8, 4) is 0 Å². The predicted octanol–water partition coefficient (Wildman–Crippen LogP) is 3.34. The van der Waals surface area contributed by atoms with Gasteiger partial charge in [-0.15, -0.1) is 0 Å². The second-order valence-corrected chi connectivity index (χ2v) is 7.08. The van der Waals surface area contributed by atoms with Gasteiger partial charge < -0.3 is 4.74 Å². The third-order valence-corrected chi connectivity index (χ3v) is 5.30. The molecule has 0 aliphatic rings. The summed E-state index contributed by atoms with van der Waals surface area (Å²) in [5, 5.41) is 0. The van der Waals surface area contributed by atoms with E-state index in [1.807, 2.05) is 6.92 Å². The van der Waals surface area contributed by atoms with Crippen molar-refractivity contribution < 1.29 is 17.9 Å². The van der Waals surface area contributed by atoms with Crippen LogP contribution in [-0.2, 0) is 14.8 Å². The van der Waals surface area contributed by atoms with Crippen LogP contribution in [0.3, 0.4) is 0 Å². The SMILES string of the molecule is COC(=O)c1ccccc1NS(=O)(=O)c1ccc(C)cc1Br. The van der Waals surface area contributed by atoms with Crippen LogP contribution in [0.15, 0.2) is 51.8 Å². The molecule has 0 aliphatic carbocycles. The number of carbonyl (C=O) groups excluding carboxylic acids is 1. The van der Waals surface area contributed by atoms with E-state index in [1.165, 1.54) is 25.3 Å². The molecule has 7 heteroatoms. The molecule has 0 amide bonds. The van der Waals surface area contributed by atoms with Gasteiger partial charge in [-0.1, -0.05) is 18.2 Å². The minimum Gasteiger partial charge on any atom is -0.465 e. The van der Waals surface area contributed by atoms with Gasteiger partial charge in [-0.05, 0) is 52.7 Å². The summed E-state index contributed by atoms with van der Waals surface area (Å²) in [6.07, 6.45) is 0. The summed E-state index contributed by atoms with van der Waals surface area (Å²) >= 11 is 3.25. The number of nitrogens with one attached hydrogen (secondary N) is 1. The van der Waals surface area contributed by atoms with Crippen LogP contribution in [0.5, 0.6) is 0 Å². The minimum atomic E-state index is -3.83. The highest BCUT2D eigenvalue weighted by atomic mass is 79.9. The fraction of sp³-hybridized carbons (Fsp3) is 0.133. The van der Waals surface area contributed by atoms with E-state index in [-0.39, 0.29) is 16.1 Å². The normalized spacial score (nSPS) is 11.0. The van der Waals surface area contributed by atoms with Crippen molar-refractivity contribution in [1.29, 1.82) is 0 Å². The van der Waals surface area contributed by atoms with Crippen molar-refractivity contribution in [2.75, 3.05) is 11.8 Å². The largest absolute Gasteiger partial charge is 0.465 e. The lowest BCUT2D eigenvalue weighted by Crippen LogP contribution is -2.16. The number of esters is 1. The van der Waals surface area contributed by atoms with Crippen molar-refractivity contribution in [2.24, 2.45) is 0 Å². The average Bonchev–Trinajstić information content (AvgIpc) is 2.46. The maximum atomic E-state index is 12.5. The first kappa shape index (κ1) is 16.5. The van der Waals surface area contributed by atoms with Crippen LogP contribution >= 0.6 is 15.9 Å². The second-order valence-electron chi connectivity index (χ2n) is 4.58. The molecule has 0 saturated carbocycles. The summed E-state index contributed by atoms with van der Waals surface area (Å²) in [5.74, 6) is -0.610. The summed E-state index contributed by atoms with van der Waals surface area (Å²) in [6, 6.07) is 11.2. The van der Waals surface area contributed by atoms with E-state index in [0.717, 1.165) is 5.56 Å². The molecule has 2 aromatic rings. The van der Waals surface area contributed by atoms with Gasteiger partial charge in [0.05, 0.1) is 18.4 Å². The molecule has 0 fully saturated rings. The summed E-state index contributed by atoms with van der Waals surface area (Å²) in [6.45, 7) is 1.86. The number of para-hydroxylation sites is 1. The van der Waals surface area contributed by atoms with Gasteiger partial charge in [-0.3, -0.25) is 4.72 Å². The molecule has 0 unspecified atom stereocenters. The zero-order valence-corrected chi connectivity index (χ0v) is 14.4. The number of anilines is 1. The Balaban J connectivity index is 2.44. The predicted molar refractivity (Wildman–Crippen MR) is 87.5 cm³/mol. The molecular weight excluding hydrogens is 370 g/mol. The van der Waals surface area contributed by atoms with E-state index in [9.17, 15) is 13.2 Å². The first-order chi connectivity index (χ1) is 10.3. The smallest absolute Gasteiger partial charge is 0.339 e. The number of methoxy groups -OCH3 is 1. The molecule has 0 aliphatic heterocycles. The van der Waals surface area contributed by atoms with Crippen LogP contribution in [0, 0.1) is 6.92 Å². The van der Waals surface area contributed by atoms with Gasteiger partial charge in [-0.25, -0.2) is 13.2 Å². The number of halogens is 1. The van der Waals surface area contributed by atoms with Gasteiger partial charge in [0.1, 0.15) is 4.90 Å². The molecule has 0 aromatic heterocycles. The van der Waals surface area contributed by atoms with E-state index >= 15 is 0 Å². The van der Waals surface area contributed by atoms with Crippen molar-refractivity contribution in [3.05, 3.63) is 58.1 Å². The number of ether oxygens (including phenoxy) is 1. The first-order valence-corrected chi connectivity index (χ1v) is 8.59. The summed E-state index contributed by atoms with van der Waals surface area (Å²) < 4.78 is 32.5. The topological polar surface area (TPSA) is 72.5 Å². The number of sulfonamides is 1. The Bertz CT molecular complexity index is 818. The number of benzene rings is 2. The highest BCUT2D eigenvalue weighted by molar-refractivity contribution is 9.10. The standard InChI is InChI=1S/C15H14BrNO4S/c1-10-7-8-14(12(16)9-10)22(19,20)17-13-6-4-3-5-11(13)15(18)21-2/h3-9,17H,1-2H3. The zero-order valence-electron chi connectivity index (χ0n) is 12.0. The highest BCUT2D eigenvalue weighted by Crippen LogP contribution is 2.26. The Morgan fingerprint density at radius 1 is 1.18 bits per heavy atom. The van der Waals surface area contributed by atoms with E-state index in [0.29, 0.717) is 4.47 Å². The van der Waals surface area contributed by atoms with Gasteiger partial charge in [-0.2, -0.15) is 0 Å². The van der Waals surface area contributed by atoms with Crippen molar-refractivity contribution >= 4 is 37.6 Å². The molecular formula is C15H14BrNO4S. The Morgan fingerprint density at radius 2 is 1.86 bits per heavy atom. The Morgan fingerprint density at radius 3 is 2.50 bits per heavy atom. The van der Waals surface area contributed by atoms with Gasteiger partial charge in [0, 0.05) is 4.47 Å².